The molecule has 1 aromatic carbocycles. The average Bonchev–Trinajstić information content (AvgIpc) is 2.78. The molecule has 21 heavy (non-hydrogen) atoms. The first kappa shape index (κ1) is 16.1. The second-order valence-corrected chi connectivity index (χ2v) is 8.63. The number of non-ortho nitro benzene ring substituents is 1. The zero-order valence-electron chi connectivity index (χ0n) is 10.9. The number of benzene rings is 1. The molecule has 1 heterocycles. The summed E-state index contributed by atoms with van der Waals surface area (Å²) in [6.07, 6.45) is 0. The largest absolute Gasteiger partial charge is 0.269 e. The van der Waals surface area contributed by atoms with E-state index >= 15 is 0 Å². The van der Waals surface area contributed by atoms with Crippen LogP contribution in [-0.4, -0.2) is 13.3 Å². The summed E-state index contributed by atoms with van der Waals surface area (Å²) in [6.45, 7) is 1.89. The zero-order valence-corrected chi connectivity index (χ0v) is 14.1. The normalized spacial score (nSPS) is 11.5. The van der Waals surface area contributed by atoms with Crippen molar-refractivity contribution in [3.05, 3.63) is 55.4 Å². The van der Waals surface area contributed by atoms with Crippen LogP contribution in [0.3, 0.4) is 0 Å². The molecule has 0 unspecified atom stereocenters. The van der Waals surface area contributed by atoms with Gasteiger partial charge in [0.05, 0.1) is 8.71 Å². The molecule has 0 saturated carbocycles. The highest BCUT2D eigenvalue weighted by Crippen LogP contribution is 2.30. The first-order chi connectivity index (χ1) is 9.79. The highest BCUT2D eigenvalue weighted by atomic mass is 79.9. The summed E-state index contributed by atoms with van der Waals surface area (Å²) in [4.78, 5) is 10.0. The maximum absolute atomic E-state index is 12.1. The fraction of sp³-hybridized carbons (Fsp3) is 0.167. The van der Waals surface area contributed by atoms with E-state index in [0.717, 1.165) is 20.7 Å². The Morgan fingerprint density at radius 1 is 1.33 bits per heavy atom. The van der Waals surface area contributed by atoms with Crippen molar-refractivity contribution in [3.63, 3.8) is 0 Å². The Bertz CT molecular complexity index is 750. The molecule has 9 heteroatoms. The highest BCUT2D eigenvalue weighted by molar-refractivity contribution is 9.11. The Balaban J connectivity index is 2.09. The van der Waals surface area contributed by atoms with Gasteiger partial charge < -0.3 is 0 Å². The lowest BCUT2D eigenvalue weighted by Crippen LogP contribution is -2.22. The van der Waals surface area contributed by atoms with Crippen molar-refractivity contribution in [3.8, 4) is 0 Å². The van der Waals surface area contributed by atoms with Crippen molar-refractivity contribution >= 4 is 43.0 Å². The van der Waals surface area contributed by atoms with Gasteiger partial charge in [0.15, 0.2) is 0 Å². The van der Waals surface area contributed by atoms with E-state index in [4.69, 9.17) is 0 Å². The molecule has 0 amide bonds. The van der Waals surface area contributed by atoms with Crippen LogP contribution < -0.4 is 4.72 Å². The van der Waals surface area contributed by atoms with E-state index in [1.165, 1.54) is 24.3 Å². The summed E-state index contributed by atoms with van der Waals surface area (Å²) >= 11 is 4.43. The molecule has 2 rings (SSSR count). The number of nitro groups is 1. The van der Waals surface area contributed by atoms with Crippen LogP contribution >= 0.6 is 27.3 Å². The molecule has 1 aromatic heterocycles. The van der Waals surface area contributed by atoms with Crippen LogP contribution in [0, 0.1) is 17.0 Å². The second-order valence-electron chi connectivity index (χ2n) is 4.27. The fourth-order valence-electron chi connectivity index (χ4n) is 1.55. The van der Waals surface area contributed by atoms with Gasteiger partial charge in [-0.1, -0.05) is 12.1 Å². The number of hydrogen-bond donors (Lipinski definition) is 1. The maximum Gasteiger partial charge on any atom is 0.269 e. The van der Waals surface area contributed by atoms with E-state index in [9.17, 15) is 18.5 Å². The van der Waals surface area contributed by atoms with Crippen LogP contribution in [0.5, 0.6) is 0 Å². The van der Waals surface area contributed by atoms with E-state index in [2.05, 4.69) is 20.7 Å². The van der Waals surface area contributed by atoms with Crippen LogP contribution in [0.2, 0.25) is 0 Å². The Morgan fingerprint density at radius 2 is 1.95 bits per heavy atom. The predicted molar refractivity (Wildman–Crippen MR) is 83.9 cm³/mol. The zero-order chi connectivity index (χ0) is 15.6. The first-order valence-corrected chi connectivity index (χ1v) is 8.88. The number of rotatable bonds is 5. The molecular weight excluding hydrogens is 380 g/mol. The SMILES string of the molecule is Cc1cc(S(=O)(=O)NCc2ccc([N+](=O)[O-])cc2)sc1Br. The van der Waals surface area contributed by atoms with Gasteiger partial charge in [0.1, 0.15) is 4.21 Å². The number of aryl methyl sites for hydroxylation is 1. The second kappa shape index (κ2) is 6.22. The molecule has 0 atom stereocenters. The molecule has 0 radical (unpaired) electrons. The van der Waals surface area contributed by atoms with Crippen molar-refractivity contribution in [1.82, 2.24) is 4.72 Å². The third-order valence-corrected chi connectivity index (χ3v) is 6.72. The van der Waals surface area contributed by atoms with Gasteiger partial charge in [0, 0.05) is 18.7 Å². The molecule has 0 aliphatic carbocycles. The topological polar surface area (TPSA) is 89.3 Å². The van der Waals surface area contributed by atoms with E-state index in [1.807, 2.05) is 6.92 Å². The van der Waals surface area contributed by atoms with Crippen molar-refractivity contribution in [1.29, 1.82) is 0 Å². The average molecular weight is 391 g/mol. The van der Waals surface area contributed by atoms with Crippen LogP contribution in [0.15, 0.2) is 38.3 Å². The van der Waals surface area contributed by atoms with Gasteiger partial charge in [0.25, 0.3) is 5.69 Å². The molecule has 0 aliphatic rings. The molecule has 112 valence electrons. The van der Waals surface area contributed by atoms with Crippen molar-refractivity contribution in [2.75, 3.05) is 0 Å². The molecule has 0 aliphatic heterocycles. The maximum atomic E-state index is 12.1. The quantitative estimate of drug-likeness (QED) is 0.626. The van der Waals surface area contributed by atoms with Gasteiger partial charge in [-0.2, -0.15) is 0 Å². The minimum atomic E-state index is -3.58. The fourth-order valence-corrected chi connectivity index (χ4v) is 4.84. The summed E-state index contributed by atoms with van der Waals surface area (Å²) in [5, 5.41) is 10.5. The molecular formula is C12H11BrN2O4S2. The number of nitrogens with zero attached hydrogens (tertiary/aromatic N) is 1. The lowest BCUT2D eigenvalue weighted by molar-refractivity contribution is -0.384. The molecule has 0 fully saturated rings. The highest BCUT2D eigenvalue weighted by Gasteiger charge is 2.18. The Morgan fingerprint density at radius 3 is 2.43 bits per heavy atom. The number of nitro benzene ring substituents is 1. The first-order valence-electron chi connectivity index (χ1n) is 5.78. The van der Waals surface area contributed by atoms with Crippen LogP contribution in [0.1, 0.15) is 11.1 Å². The van der Waals surface area contributed by atoms with E-state index in [1.54, 1.807) is 6.07 Å². The van der Waals surface area contributed by atoms with Gasteiger partial charge in [-0.05, 0) is 40.0 Å². The summed E-state index contributed by atoms with van der Waals surface area (Å²) in [7, 11) is -3.58. The Labute approximate surface area is 134 Å². The smallest absolute Gasteiger partial charge is 0.258 e. The standard InChI is InChI=1S/C12H11BrN2O4S2/c1-8-6-11(20-12(8)13)21(18,19)14-7-9-2-4-10(5-3-9)15(16)17/h2-6,14H,7H2,1H3. The van der Waals surface area contributed by atoms with Gasteiger partial charge in [-0.25, -0.2) is 13.1 Å². The number of thiophene rings is 1. The minimum absolute atomic E-state index is 0.0283. The molecule has 0 spiro atoms. The summed E-state index contributed by atoms with van der Waals surface area (Å²) in [6, 6.07) is 7.32. The number of sulfonamides is 1. The molecule has 1 N–H and O–H groups in total. The van der Waals surface area contributed by atoms with E-state index < -0.39 is 14.9 Å². The third kappa shape index (κ3) is 3.88. The summed E-state index contributed by atoms with van der Waals surface area (Å²) in [5.41, 5.74) is 1.48. The molecule has 2 aromatic rings. The molecule has 0 bridgehead atoms. The number of hydrogen-bond acceptors (Lipinski definition) is 5. The molecule has 6 nitrogen and oxygen atoms in total. The van der Waals surface area contributed by atoms with E-state index in [0.29, 0.717) is 5.56 Å². The van der Waals surface area contributed by atoms with Crippen molar-refractivity contribution in [2.24, 2.45) is 0 Å². The van der Waals surface area contributed by atoms with Crippen molar-refractivity contribution in [2.45, 2.75) is 17.7 Å². The van der Waals surface area contributed by atoms with Crippen molar-refractivity contribution < 1.29 is 13.3 Å². The Hall–Kier alpha value is -1.29. The molecule has 0 saturated heterocycles. The summed E-state index contributed by atoms with van der Waals surface area (Å²) < 4.78 is 27.7. The van der Waals surface area contributed by atoms with Gasteiger partial charge >= 0.3 is 0 Å². The third-order valence-electron chi connectivity index (χ3n) is 2.71. The lowest BCUT2D eigenvalue weighted by atomic mass is 10.2. The lowest BCUT2D eigenvalue weighted by Gasteiger charge is -2.04. The number of nitrogens with one attached hydrogen (secondary N) is 1. The monoisotopic (exact) mass is 390 g/mol. The van der Waals surface area contributed by atoms with Crippen LogP contribution in [-0.2, 0) is 16.6 Å². The van der Waals surface area contributed by atoms with E-state index in [-0.39, 0.29) is 16.4 Å². The summed E-state index contributed by atoms with van der Waals surface area (Å²) in [5.74, 6) is 0. The van der Waals surface area contributed by atoms with Crippen LogP contribution in [0.25, 0.3) is 0 Å². The Kier molecular flexibility index (Phi) is 4.77. The predicted octanol–water partition coefficient (Wildman–Crippen LogP) is 3.21. The van der Waals surface area contributed by atoms with Gasteiger partial charge in [-0.15, -0.1) is 11.3 Å². The number of halogens is 1. The minimum Gasteiger partial charge on any atom is -0.258 e. The van der Waals surface area contributed by atoms with Crippen LogP contribution in [0.4, 0.5) is 5.69 Å². The van der Waals surface area contributed by atoms with Gasteiger partial charge in [-0.3, -0.25) is 10.1 Å². The van der Waals surface area contributed by atoms with Gasteiger partial charge in [0.2, 0.25) is 10.0 Å².